The zero-order valence-electron chi connectivity index (χ0n) is 15.0. The molecule has 0 aliphatic heterocycles. The molecule has 4 heteroatoms. The number of aromatic nitrogens is 1. The number of fused-ring (bicyclic) bond motifs is 1. The molecule has 0 spiro atoms. The average molecular weight is 336 g/mol. The quantitative estimate of drug-likeness (QED) is 0.933. The van der Waals surface area contributed by atoms with Gasteiger partial charge in [-0.1, -0.05) is 24.3 Å². The largest absolute Gasteiger partial charge is 0.346 e. The van der Waals surface area contributed by atoms with Crippen LogP contribution in [0.3, 0.4) is 0 Å². The molecule has 4 nitrogen and oxygen atoms in total. The van der Waals surface area contributed by atoms with E-state index < -0.39 is 0 Å². The minimum absolute atomic E-state index is 0.0393. The second-order valence-corrected chi connectivity index (χ2v) is 7.77. The van der Waals surface area contributed by atoms with Crippen molar-refractivity contribution in [1.29, 1.82) is 0 Å². The molecule has 1 aromatic heterocycles. The fourth-order valence-electron chi connectivity index (χ4n) is 3.25. The number of carbonyl (C=O) groups excluding carboxylic acids is 2. The lowest BCUT2D eigenvalue weighted by molar-refractivity contribution is -0.121. The number of ketones is 1. The molecule has 2 aromatic rings. The van der Waals surface area contributed by atoms with Gasteiger partial charge >= 0.3 is 0 Å². The predicted octanol–water partition coefficient (Wildman–Crippen LogP) is 3.14. The number of hydrogen-bond donors (Lipinski definition) is 1. The Labute approximate surface area is 148 Å². The van der Waals surface area contributed by atoms with Crippen LogP contribution in [-0.2, 0) is 24.1 Å². The molecule has 0 atom stereocenters. The van der Waals surface area contributed by atoms with Gasteiger partial charge in [-0.05, 0) is 62.4 Å². The van der Waals surface area contributed by atoms with E-state index in [4.69, 9.17) is 0 Å². The van der Waals surface area contributed by atoms with Crippen LogP contribution in [0.15, 0.2) is 42.6 Å². The molecular weight excluding hydrogens is 312 g/mol. The van der Waals surface area contributed by atoms with Gasteiger partial charge in [0.15, 0.2) is 0 Å². The Hall–Kier alpha value is -2.49. The third kappa shape index (κ3) is 4.32. The van der Waals surface area contributed by atoms with E-state index in [1.807, 2.05) is 39.0 Å². The van der Waals surface area contributed by atoms with Crippen molar-refractivity contribution in [2.75, 3.05) is 0 Å². The monoisotopic (exact) mass is 336 g/mol. The third-order valence-corrected chi connectivity index (χ3v) is 4.43. The molecule has 1 N–H and O–H groups in total. The van der Waals surface area contributed by atoms with Crippen molar-refractivity contribution >= 4 is 11.7 Å². The van der Waals surface area contributed by atoms with Crippen LogP contribution >= 0.6 is 0 Å². The van der Waals surface area contributed by atoms with Crippen molar-refractivity contribution in [1.82, 2.24) is 10.3 Å². The van der Waals surface area contributed by atoms with E-state index in [0.717, 1.165) is 18.4 Å². The van der Waals surface area contributed by atoms with E-state index in [1.54, 1.807) is 12.3 Å². The van der Waals surface area contributed by atoms with Gasteiger partial charge in [-0.15, -0.1) is 0 Å². The van der Waals surface area contributed by atoms with Gasteiger partial charge < -0.3 is 5.32 Å². The molecule has 0 unspecified atom stereocenters. The van der Waals surface area contributed by atoms with Gasteiger partial charge in [0.05, 0.1) is 0 Å². The molecule has 0 fully saturated rings. The highest BCUT2D eigenvalue weighted by Gasteiger charge is 2.27. The summed E-state index contributed by atoms with van der Waals surface area (Å²) in [7, 11) is 0. The maximum atomic E-state index is 12.7. The van der Waals surface area contributed by atoms with E-state index in [1.165, 1.54) is 11.1 Å². The summed E-state index contributed by atoms with van der Waals surface area (Å²) < 4.78 is 0. The molecule has 3 rings (SSSR count). The third-order valence-electron chi connectivity index (χ3n) is 4.43. The number of Topliss-reactive ketones (excluding diaryl/α,β-unsaturated/α-hetero) is 1. The number of pyridine rings is 1. The van der Waals surface area contributed by atoms with Gasteiger partial charge in [0, 0.05) is 24.1 Å². The summed E-state index contributed by atoms with van der Waals surface area (Å²) in [5.74, 6) is 0.0528. The number of hydrogen-bond acceptors (Lipinski definition) is 3. The number of rotatable bonds is 4. The van der Waals surface area contributed by atoms with Crippen molar-refractivity contribution in [3.8, 4) is 0 Å². The predicted molar refractivity (Wildman–Crippen MR) is 97.5 cm³/mol. The molecule has 1 heterocycles. The second-order valence-electron chi connectivity index (χ2n) is 7.77. The van der Waals surface area contributed by atoms with Crippen molar-refractivity contribution in [2.24, 2.45) is 5.92 Å². The van der Waals surface area contributed by atoms with Crippen molar-refractivity contribution in [2.45, 2.75) is 45.6 Å². The highest BCUT2D eigenvalue weighted by molar-refractivity contribution is 5.93. The van der Waals surface area contributed by atoms with Crippen LogP contribution in [0, 0.1) is 5.92 Å². The molecule has 0 bridgehead atoms. The van der Waals surface area contributed by atoms with Crippen LogP contribution in [0.25, 0.3) is 0 Å². The summed E-state index contributed by atoms with van der Waals surface area (Å²) in [6, 6.07) is 11.8. The van der Waals surface area contributed by atoms with Gasteiger partial charge in [-0.25, -0.2) is 0 Å². The number of benzene rings is 1. The topological polar surface area (TPSA) is 59.1 Å². The Bertz CT molecular complexity index is 781. The highest BCUT2D eigenvalue weighted by Crippen LogP contribution is 2.27. The van der Waals surface area contributed by atoms with Crippen LogP contribution in [0.4, 0.5) is 0 Å². The van der Waals surface area contributed by atoms with Gasteiger partial charge in [-0.3, -0.25) is 14.6 Å². The zero-order chi connectivity index (χ0) is 18.0. The lowest BCUT2D eigenvalue weighted by Gasteiger charge is -2.20. The standard InChI is InChI=1S/C21H24N2O2/c1-21(2,3)23-20(25)18-10-14(8-9-22-18)11-19(24)17-12-15-6-4-5-7-16(15)13-17/h4-10,17H,11-13H2,1-3H3,(H,23,25). The Morgan fingerprint density at radius 3 is 2.36 bits per heavy atom. The molecule has 130 valence electrons. The van der Waals surface area contributed by atoms with Gasteiger partial charge in [0.1, 0.15) is 11.5 Å². The summed E-state index contributed by atoms with van der Waals surface area (Å²) in [4.78, 5) is 29.1. The second kappa shape index (κ2) is 6.79. The molecule has 1 aromatic carbocycles. The van der Waals surface area contributed by atoms with Crippen LogP contribution in [0.5, 0.6) is 0 Å². The summed E-state index contributed by atoms with van der Waals surface area (Å²) in [5.41, 5.74) is 3.44. The molecule has 0 saturated heterocycles. The summed E-state index contributed by atoms with van der Waals surface area (Å²) in [5, 5.41) is 2.90. The smallest absolute Gasteiger partial charge is 0.270 e. The van der Waals surface area contributed by atoms with E-state index in [0.29, 0.717) is 12.1 Å². The van der Waals surface area contributed by atoms with E-state index in [-0.39, 0.29) is 23.1 Å². The Morgan fingerprint density at radius 2 is 1.76 bits per heavy atom. The molecule has 1 aliphatic carbocycles. The summed E-state index contributed by atoms with van der Waals surface area (Å²) in [6.07, 6.45) is 3.58. The lowest BCUT2D eigenvalue weighted by atomic mass is 9.95. The molecule has 1 aliphatic rings. The SMILES string of the molecule is CC(C)(C)NC(=O)c1cc(CC(=O)C2Cc3ccccc3C2)ccn1. The first-order valence-electron chi connectivity index (χ1n) is 8.69. The molecule has 0 saturated carbocycles. The van der Waals surface area contributed by atoms with Crippen molar-refractivity contribution < 1.29 is 9.59 Å². The van der Waals surface area contributed by atoms with Crippen LogP contribution in [0.1, 0.15) is 48.0 Å². The maximum absolute atomic E-state index is 12.7. The van der Waals surface area contributed by atoms with Gasteiger partial charge in [0.25, 0.3) is 5.91 Å². The average Bonchev–Trinajstić information content (AvgIpc) is 2.98. The molecule has 0 radical (unpaired) electrons. The highest BCUT2D eigenvalue weighted by atomic mass is 16.2. The minimum Gasteiger partial charge on any atom is -0.346 e. The Kier molecular flexibility index (Phi) is 4.71. The first-order valence-corrected chi connectivity index (χ1v) is 8.69. The maximum Gasteiger partial charge on any atom is 0.270 e. The Morgan fingerprint density at radius 1 is 1.12 bits per heavy atom. The fourth-order valence-corrected chi connectivity index (χ4v) is 3.25. The molecular formula is C21H24N2O2. The van der Waals surface area contributed by atoms with Crippen LogP contribution < -0.4 is 5.32 Å². The van der Waals surface area contributed by atoms with E-state index in [9.17, 15) is 9.59 Å². The first-order chi connectivity index (χ1) is 11.8. The number of nitrogens with zero attached hydrogens (tertiary/aromatic N) is 1. The van der Waals surface area contributed by atoms with Crippen LogP contribution in [-0.4, -0.2) is 22.2 Å². The van der Waals surface area contributed by atoms with Crippen LogP contribution in [0.2, 0.25) is 0 Å². The van der Waals surface area contributed by atoms with E-state index >= 15 is 0 Å². The normalized spacial score (nSPS) is 14.2. The number of amides is 1. The Balaban J connectivity index is 1.67. The van der Waals surface area contributed by atoms with Crippen molar-refractivity contribution in [3.05, 3.63) is 65.0 Å². The number of carbonyl (C=O) groups is 2. The molecule has 25 heavy (non-hydrogen) atoms. The lowest BCUT2D eigenvalue weighted by Crippen LogP contribution is -2.41. The van der Waals surface area contributed by atoms with Gasteiger partial charge in [-0.2, -0.15) is 0 Å². The first kappa shape index (κ1) is 17.3. The minimum atomic E-state index is -0.319. The zero-order valence-corrected chi connectivity index (χ0v) is 15.0. The summed E-state index contributed by atoms with van der Waals surface area (Å²) in [6.45, 7) is 5.78. The summed E-state index contributed by atoms with van der Waals surface area (Å²) >= 11 is 0. The van der Waals surface area contributed by atoms with Gasteiger partial charge in [0.2, 0.25) is 0 Å². The number of nitrogens with one attached hydrogen (secondary N) is 1. The fraction of sp³-hybridized carbons (Fsp3) is 0.381. The van der Waals surface area contributed by atoms with E-state index in [2.05, 4.69) is 22.4 Å². The van der Waals surface area contributed by atoms with Crippen molar-refractivity contribution in [3.63, 3.8) is 0 Å². The molecule has 1 amide bonds.